The van der Waals surface area contributed by atoms with Crippen LogP contribution in [0.1, 0.15) is 34.8 Å². The van der Waals surface area contributed by atoms with Gasteiger partial charge >= 0.3 is 5.69 Å². The largest absolute Gasteiger partial charge is 0.366 e. The number of hydrogen-bond acceptors (Lipinski definition) is 6. The van der Waals surface area contributed by atoms with Crippen molar-refractivity contribution >= 4 is 52.0 Å². The molecular weight excluding hydrogens is 593 g/mol. The summed E-state index contributed by atoms with van der Waals surface area (Å²) in [4.78, 5) is 43.7. The highest BCUT2D eigenvalue weighted by Gasteiger charge is 2.31. The molecule has 8 nitrogen and oxygen atoms in total. The normalized spacial score (nSPS) is 11.5. The molecule has 0 aliphatic carbocycles. The zero-order valence-corrected chi connectivity index (χ0v) is 24.1. The molecule has 0 bridgehead atoms. The van der Waals surface area contributed by atoms with Crippen molar-refractivity contribution in [2.24, 2.45) is 5.73 Å². The number of nitrogens with one attached hydrogen (secondary N) is 1. The van der Waals surface area contributed by atoms with Gasteiger partial charge in [0, 0.05) is 16.5 Å². The van der Waals surface area contributed by atoms with Crippen LogP contribution in [0.2, 0.25) is 15.1 Å². The van der Waals surface area contributed by atoms with Crippen LogP contribution in [0, 0.1) is 0 Å². The van der Waals surface area contributed by atoms with Crippen LogP contribution in [0.15, 0.2) is 76.4 Å². The van der Waals surface area contributed by atoms with E-state index in [0.717, 1.165) is 37.5 Å². The molecule has 0 aliphatic heterocycles. The quantitative estimate of drug-likeness (QED) is 0.240. The summed E-state index contributed by atoms with van der Waals surface area (Å²) >= 11 is 21.3. The van der Waals surface area contributed by atoms with E-state index in [1.165, 1.54) is 11.3 Å². The lowest BCUT2D eigenvalue weighted by Crippen LogP contribution is -2.30. The second-order valence-electron chi connectivity index (χ2n) is 9.39. The maximum Gasteiger partial charge on any atom is 0.349 e. The first-order chi connectivity index (χ1) is 19.0. The fourth-order valence-electron chi connectivity index (χ4n) is 4.20. The summed E-state index contributed by atoms with van der Waals surface area (Å²) in [7, 11) is 0. The van der Waals surface area contributed by atoms with Gasteiger partial charge < -0.3 is 5.73 Å². The number of benzene rings is 3. The lowest BCUT2D eigenvalue weighted by atomic mass is 9.85. The van der Waals surface area contributed by atoms with Gasteiger partial charge in [-0.3, -0.25) is 14.6 Å². The van der Waals surface area contributed by atoms with E-state index < -0.39 is 22.6 Å². The number of H-pyrrole nitrogens is 1. The topological polar surface area (TPSA) is 124 Å². The number of aromatic amines is 1. The zero-order valence-electron chi connectivity index (χ0n) is 21.0. The highest BCUT2D eigenvalue weighted by Crippen LogP contribution is 2.45. The molecule has 0 unspecified atom stereocenters. The summed E-state index contributed by atoms with van der Waals surface area (Å²) in [5, 5.41) is 5.44. The van der Waals surface area contributed by atoms with Gasteiger partial charge in [-0.15, -0.1) is 11.3 Å². The Morgan fingerprint density at radius 2 is 1.68 bits per heavy atom. The highest BCUT2D eigenvalue weighted by molar-refractivity contribution is 7.16. The molecule has 0 fully saturated rings. The average Bonchev–Trinajstić information content (AvgIpc) is 3.36. The van der Waals surface area contributed by atoms with Crippen LogP contribution in [0.3, 0.4) is 0 Å². The van der Waals surface area contributed by atoms with Gasteiger partial charge in [0.1, 0.15) is 16.9 Å². The second-order valence-corrected chi connectivity index (χ2v) is 11.6. The summed E-state index contributed by atoms with van der Waals surface area (Å²) in [6, 6.07) is 17.8. The molecular formula is C28H20Cl3N5O3S. The van der Waals surface area contributed by atoms with Gasteiger partial charge in [-0.1, -0.05) is 65.1 Å². The Hall–Kier alpha value is -3.76. The molecule has 202 valence electrons. The molecule has 5 rings (SSSR count). The molecule has 12 heteroatoms. The number of aromatic nitrogens is 4. The van der Waals surface area contributed by atoms with Gasteiger partial charge in [0.15, 0.2) is 0 Å². The van der Waals surface area contributed by atoms with Gasteiger partial charge in [0.2, 0.25) is 5.91 Å². The first-order valence-corrected chi connectivity index (χ1v) is 13.8. The van der Waals surface area contributed by atoms with Crippen LogP contribution in [0.25, 0.3) is 27.4 Å². The number of rotatable bonds is 6. The minimum Gasteiger partial charge on any atom is -0.366 e. The van der Waals surface area contributed by atoms with Crippen molar-refractivity contribution in [3.63, 3.8) is 0 Å². The molecule has 3 aromatic carbocycles. The molecule has 0 saturated heterocycles. The summed E-state index contributed by atoms with van der Waals surface area (Å²) < 4.78 is 0.936. The minimum absolute atomic E-state index is 0.143. The molecule has 2 aromatic heterocycles. The number of carbonyl (C=O) groups excluding carboxylic acids is 1. The predicted molar refractivity (Wildman–Crippen MR) is 159 cm³/mol. The van der Waals surface area contributed by atoms with Crippen molar-refractivity contribution < 1.29 is 4.79 Å². The first-order valence-electron chi connectivity index (χ1n) is 11.8. The monoisotopic (exact) mass is 611 g/mol. The summed E-state index contributed by atoms with van der Waals surface area (Å²) in [5.74, 6) is -0.535. The Morgan fingerprint density at radius 1 is 0.975 bits per heavy atom. The third kappa shape index (κ3) is 5.09. The number of nitrogens with two attached hydrogens (primary N) is 1. The van der Waals surface area contributed by atoms with Gasteiger partial charge in [0.25, 0.3) is 5.56 Å². The fraction of sp³-hybridized carbons (Fsp3) is 0.107. The van der Waals surface area contributed by atoms with Crippen LogP contribution in [0.5, 0.6) is 0 Å². The highest BCUT2D eigenvalue weighted by atomic mass is 35.5. The average molecular weight is 613 g/mol. The summed E-state index contributed by atoms with van der Waals surface area (Å²) in [6.07, 6.45) is 0.965. The number of hydrogen-bond donors (Lipinski definition) is 2. The number of amides is 1. The van der Waals surface area contributed by atoms with E-state index in [-0.39, 0.29) is 15.7 Å². The molecule has 0 saturated carbocycles. The van der Waals surface area contributed by atoms with E-state index in [4.69, 9.17) is 45.5 Å². The van der Waals surface area contributed by atoms with Gasteiger partial charge in [-0.05, 0) is 55.3 Å². The van der Waals surface area contributed by atoms with E-state index in [9.17, 15) is 14.4 Å². The summed E-state index contributed by atoms with van der Waals surface area (Å²) in [6.45, 7) is 3.94. The Labute approximate surface area is 247 Å². The molecule has 0 aliphatic rings. The molecule has 0 spiro atoms. The van der Waals surface area contributed by atoms with E-state index in [2.05, 4.69) is 10.1 Å². The Bertz CT molecular complexity index is 1890. The molecule has 2 heterocycles. The lowest BCUT2D eigenvalue weighted by molar-refractivity contribution is 0.100. The number of nitrogens with zero attached hydrogens (tertiary/aromatic N) is 3. The lowest BCUT2D eigenvalue weighted by Gasteiger charge is -2.24. The maximum absolute atomic E-state index is 12.3. The fourth-order valence-corrected chi connectivity index (χ4v) is 6.27. The van der Waals surface area contributed by atoms with Crippen molar-refractivity contribution in [3.8, 4) is 27.4 Å². The minimum atomic E-state index is -0.768. The smallest absolute Gasteiger partial charge is 0.349 e. The molecule has 3 N–H and O–H groups in total. The molecule has 40 heavy (non-hydrogen) atoms. The third-order valence-electron chi connectivity index (χ3n) is 6.36. The molecule has 5 aromatic rings. The van der Waals surface area contributed by atoms with Crippen LogP contribution < -0.4 is 17.0 Å². The SMILES string of the molecule is CC(C)(c1cc(Cl)c(-n2ncc(=O)[nH]c2=O)c(Cl)c1)c1nc(-c2ccccc2Cl)c(-c2cccc(C(N)=O)c2)s1. The van der Waals surface area contributed by atoms with Gasteiger partial charge in [0.05, 0.1) is 25.6 Å². The van der Waals surface area contributed by atoms with Crippen molar-refractivity contribution in [1.82, 2.24) is 19.7 Å². The van der Waals surface area contributed by atoms with E-state index in [1.54, 1.807) is 36.4 Å². The molecule has 1 amide bonds. The van der Waals surface area contributed by atoms with Crippen LogP contribution in [0.4, 0.5) is 0 Å². The Morgan fingerprint density at radius 3 is 2.33 bits per heavy atom. The van der Waals surface area contributed by atoms with Crippen LogP contribution in [-0.4, -0.2) is 25.7 Å². The number of thiazole rings is 1. The van der Waals surface area contributed by atoms with E-state index >= 15 is 0 Å². The van der Waals surface area contributed by atoms with Crippen molar-refractivity contribution in [2.45, 2.75) is 19.3 Å². The Balaban J connectivity index is 1.68. The number of primary amides is 1. The van der Waals surface area contributed by atoms with E-state index in [1.807, 2.05) is 38.1 Å². The van der Waals surface area contributed by atoms with Crippen molar-refractivity contribution in [2.75, 3.05) is 0 Å². The second kappa shape index (κ2) is 10.7. The van der Waals surface area contributed by atoms with Crippen LogP contribution >= 0.6 is 46.1 Å². The third-order valence-corrected chi connectivity index (χ3v) is 8.70. The predicted octanol–water partition coefficient (Wildman–Crippen LogP) is 6.10. The van der Waals surface area contributed by atoms with E-state index in [0.29, 0.717) is 16.3 Å². The molecule has 0 radical (unpaired) electrons. The van der Waals surface area contributed by atoms with Gasteiger partial charge in [-0.2, -0.15) is 9.78 Å². The first kappa shape index (κ1) is 27.8. The van der Waals surface area contributed by atoms with Crippen molar-refractivity contribution in [1.29, 1.82) is 0 Å². The summed E-state index contributed by atoms with van der Waals surface area (Å²) in [5.41, 5.74) is 6.81. The van der Waals surface area contributed by atoms with Gasteiger partial charge in [-0.25, -0.2) is 9.78 Å². The van der Waals surface area contributed by atoms with Crippen LogP contribution in [-0.2, 0) is 5.41 Å². The zero-order chi connectivity index (χ0) is 28.8. The standard InChI is InChI=1S/C28H20Cl3N5O3S/c1-28(2,16-11-19(30)23(20(31)12-16)36-27(39)34-21(37)13-33-36)26-35-22(17-8-3-4-9-18(17)29)24(40-26)14-6-5-7-15(10-14)25(32)38/h3-13H,1-2H3,(H2,32,38)(H,34,37,39). The Kier molecular flexibility index (Phi) is 7.41. The molecule has 0 atom stereocenters. The maximum atomic E-state index is 12.3. The van der Waals surface area contributed by atoms with Crippen molar-refractivity contribution in [3.05, 3.63) is 119 Å². The number of halogens is 3. The number of carbonyl (C=O) groups is 1.